The van der Waals surface area contributed by atoms with Gasteiger partial charge >= 0.3 is 13.8 Å². The Hall–Kier alpha value is -1.02. The molecule has 0 aromatic rings. The van der Waals surface area contributed by atoms with Crippen LogP contribution < -0.4 is 0 Å². The van der Waals surface area contributed by atoms with Gasteiger partial charge in [-0.15, -0.1) is 0 Å². The molecular weight excluding hydrogens is 758 g/mol. The van der Waals surface area contributed by atoms with Crippen molar-refractivity contribution in [2.24, 2.45) is 0 Å². The molecule has 0 spiro atoms. The van der Waals surface area contributed by atoms with Gasteiger partial charge in [0.05, 0.1) is 34.4 Å². The van der Waals surface area contributed by atoms with Gasteiger partial charge < -0.3 is 18.9 Å². The van der Waals surface area contributed by atoms with Crippen molar-refractivity contribution >= 4 is 13.8 Å². The molecule has 0 aliphatic rings. The molecule has 0 aromatic carbocycles. The number of allylic oxidation sites excluding steroid dienone is 4. The third-order valence-corrected chi connectivity index (χ3v) is 12.0. The normalized spacial score (nSPS) is 13.8. The van der Waals surface area contributed by atoms with Gasteiger partial charge in [0, 0.05) is 13.0 Å². The van der Waals surface area contributed by atoms with Gasteiger partial charge in [0.25, 0.3) is 0 Å². The Bertz CT molecular complexity index is 998. The van der Waals surface area contributed by atoms with E-state index in [0.717, 1.165) is 44.9 Å². The fraction of sp³-hybridized carbons (Fsp3) is 0.900. The monoisotopic (exact) mass is 857 g/mol. The molecule has 1 N–H and O–H groups in total. The second-order valence-electron chi connectivity index (χ2n) is 18.2. The molecule has 0 aliphatic carbocycles. The number of carbonyl (C=O) groups is 1. The summed E-state index contributed by atoms with van der Waals surface area (Å²) in [5, 5.41) is 0. The number of nitrogens with zero attached hydrogens (tertiary/aromatic N) is 1. The number of esters is 1. The number of unbranched alkanes of at least 4 members (excludes halogenated alkanes) is 29. The molecule has 2 atom stereocenters. The highest BCUT2D eigenvalue weighted by Gasteiger charge is 2.26. The van der Waals surface area contributed by atoms with Crippen molar-refractivity contribution in [3.05, 3.63) is 24.3 Å². The summed E-state index contributed by atoms with van der Waals surface area (Å²) < 4.78 is 35.1. The van der Waals surface area contributed by atoms with Crippen LogP contribution in [0.3, 0.4) is 0 Å². The lowest BCUT2D eigenvalue weighted by Crippen LogP contribution is -2.37. The molecule has 0 saturated heterocycles. The second-order valence-corrected chi connectivity index (χ2v) is 19.7. The maximum atomic E-state index is 12.7. The lowest BCUT2D eigenvalue weighted by Gasteiger charge is -2.24. The van der Waals surface area contributed by atoms with Crippen molar-refractivity contribution in [1.82, 2.24) is 0 Å². The van der Waals surface area contributed by atoms with E-state index in [2.05, 4.69) is 38.2 Å². The quantitative estimate of drug-likeness (QED) is 0.0214. The molecule has 0 rings (SSSR count). The molecule has 59 heavy (non-hydrogen) atoms. The van der Waals surface area contributed by atoms with Crippen LogP contribution >= 0.6 is 7.82 Å². The second kappa shape index (κ2) is 43.6. The number of quaternary nitrogens is 1. The lowest BCUT2D eigenvalue weighted by atomic mass is 10.0. The van der Waals surface area contributed by atoms with Crippen LogP contribution in [0.2, 0.25) is 0 Å². The minimum Gasteiger partial charge on any atom is -0.457 e. The van der Waals surface area contributed by atoms with Crippen LogP contribution in [0.1, 0.15) is 232 Å². The molecule has 0 amide bonds. The third-order valence-electron chi connectivity index (χ3n) is 11.0. The number of hydrogen-bond donors (Lipinski definition) is 1. The van der Waals surface area contributed by atoms with E-state index in [1.54, 1.807) is 0 Å². The van der Waals surface area contributed by atoms with Crippen LogP contribution in [-0.2, 0) is 27.9 Å². The Morgan fingerprint density at radius 3 is 1.41 bits per heavy atom. The number of likely N-dealkylation sites (N-methyl/N-ethyl adjacent to an activating group) is 1. The standard InChI is InChI=1S/C50H98NO7P/c1-6-8-10-12-14-16-18-20-22-24-25-26-28-30-32-34-36-38-40-42-45-55-47-49(48-57-59(53,54)56-46-44-51(3,4)5)58-50(52)43-41-39-37-35-33-31-29-27-23-21-19-17-15-13-11-9-7-2/h15,17,21,23,49H,6-14,16,18-20,22,24-48H2,1-5H3/p+1/b17-15-,23-21-. The first-order valence-electron chi connectivity index (χ1n) is 25.1. The maximum absolute atomic E-state index is 12.7. The zero-order chi connectivity index (χ0) is 43.4. The maximum Gasteiger partial charge on any atom is 0.472 e. The van der Waals surface area contributed by atoms with Crippen molar-refractivity contribution in [2.75, 3.05) is 54.1 Å². The van der Waals surface area contributed by atoms with Crippen molar-refractivity contribution in [3.8, 4) is 0 Å². The summed E-state index contributed by atoms with van der Waals surface area (Å²) in [7, 11) is 1.67. The molecule has 350 valence electrons. The summed E-state index contributed by atoms with van der Waals surface area (Å²) in [5.74, 6) is -0.317. The van der Waals surface area contributed by atoms with Gasteiger partial charge in [-0.2, -0.15) is 0 Å². The van der Waals surface area contributed by atoms with Gasteiger partial charge in [0.1, 0.15) is 19.3 Å². The highest BCUT2D eigenvalue weighted by molar-refractivity contribution is 7.47. The Labute approximate surface area is 366 Å². The predicted molar refractivity (Wildman–Crippen MR) is 252 cm³/mol. The lowest BCUT2D eigenvalue weighted by molar-refractivity contribution is -0.870. The summed E-state index contributed by atoms with van der Waals surface area (Å²) in [4.78, 5) is 23.0. The minimum absolute atomic E-state index is 0.0891. The smallest absolute Gasteiger partial charge is 0.457 e. The summed E-state index contributed by atoms with van der Waals surface area (Å²) >= 11 is 0. The molecule has 8 nitrogen and oxygen atoms in total. The molecule has 9 heteroatoms. The molecule has 0 fully saturated rings. The van der Waals surface area contributed by atoms with E-state index in [1.165, 1.54) is 167 Å². The van der Waals surface area contributed by atoms with Gasteiger partial charge in [0.15, 0.2) is 0 Å². The first kappa shape index (κ1) is 58.0. The van der Waals surface area contributed by atoms with E-state index < -0.39 is 13.9 Å². The fourth-order valence-electron chi connectivity index (χ4n) is 7.11. The van der Waals surface area contributed by atoms with Crippen LogP contribution in [0.4, 0.5) is 0 Å². The van der Waals surface area contributed by atoms with Crippen molar-refractivity contribution in [1.29, 1.82) is 0 Å². The van der Waals surface area contributed by atoms with E-state index in [-0.39, 0.29) is 25.8 Å². The molecule has 2 unspecified atom stereocenters. The summed E-state index contributed by atoms with van der Waals surface area (Å²) in [6.07, 6.45) is 50.7. The number of rotatable bonds is 47. The molecule has 0 radical (unpaired) electrons. The average Bonchev–Trinajstić information content (AvgIpc) is 3.19. The van der Waals surface area contributed by atoms with Crippen molar-refractivity contribution in [2.45, 2.75) is 238 Å². The fourth-order valence-corrected chi connectivity index (χ4v) is 7.86. The zero-order valence-electron chi connectivity index (χ0n) is 39.8. The third kappa shape index (κ3) is 47.9. The molecular formula is C50H99NO7P+. The van der Waals surface area contributed by atoms with Crippen molar-refractivity contribution in [3.63, 3.8) is 0 Å². The van der Waals surface area contributed by atoms with E-state index in [9.17, 15) is 14.3 Å². The highest BCUT2D eigenvalue weighted by atomic mass is 31.2. The summed E-state index contributed by atoms with van der Waals surface area (Å²) in [6.45, 7) is 5.64. The number of carbonyl (C=O) groups excluding carboxylic acids is 1. The molecule has 0 bridgehead atoms. The first-order valence-corrected chi connectivity index (χ1v) is 26.6. The minimum atomic E-state index is -4.28. The van der Waals surface area contributed by atoms with Gasteiger partial charge in [-0.05, 0) is 44.9 Å². The molecule has 0 aromatic heterocycles. The number of phosphoric acid groups is 1. The Morgan fingerprint density at radius 2 is 0.932 bits per heavy atom. The summed E-state index contributed by atoms with van der Waals surface area (Å²) in [6, 6.07) is 0. The topological polar surface area (TPSA) is 91.3 Å². The highest BCUT2D eigenvalue weighted by Crippen LogP contribution is 2.43. The van der Waals surface area contributed by atoms with Gasteiger partial charge in [-0.3, -0.25) is 13.8 Å². The van der Waals surface area contributed by atoms with Crippen molar-refractivity contribution < 1.29 is 37.3 Å². The van der Waals surface area contributed by atoms with E-state index in [4.69, 9.17) is 18.5 Å². The van der Waals surface area contributed by atoms with Crippen LogP contribution in [-0.4, -0.2) is 75.6 Å². The van der Waals surface area contributed by atoms with Crippen LogP contribution in [0.15, 0.2) is 24.3 Å². The van der Waals surface area contributed by atoms with Gasteiger partial charge in [0.2, 0.25) is 0 Å². The molecule has 0 heterocycles. The number of ether oxygens (including phenoxy) is 2. The largest absolute Gasteiger partial charge is 0.472 e. The van der Waals surface area contributed by atoms with Crippen LogP contribution in [0, 0.1) is 0 Å². The Morgan fingerprint density at radius 1 is 0.525 bits per heavy atom. The number of hydrogen-bond acceptors (Lipinski definition) is 6. The van der Waals surface area contributed by atoms with Gasteiger partial charge in [-0.1, -0.05) is 205 Å². The zero-order valence-corrected chi connectivity index (χ0v) is 40.6. The summed E-state index contributed by atoms with van der Waals surface area (Å²) in [5.41, 5.74) is 0. The van der Waals surface area contributed by atoms with Gasteiger partial charge in [-0.25, -0.2) is 4.57 Å². The average molecular weight is 857 g/mol. The predicted octanol–water partition coefficient (Wildman–Crippen LogP) is 15.2. The molecule has 0 saturated carbocycles. The van der Waals surface area contributed by atoms with E-state index in [1.807, 2.05) is 21.1 Å². The Kier molecular flexibility index (Phi) is 42.9. The number of phosphoric ester groups is 1. The van der Waals surface area contributed by atoms with E-state index in [0.29, 0.717) is 24.1 Å². The molecule has 0 aliphatic heterocycles. The SMILES string of the molecule is CCCCC/C=C\C/C=C\CCCCCCCCCC(=O)OC(COCCCCCCCCCCCCCCCCCCCCCC)COP(=O)(O)OCC[N+](C)(C)C. The first-order chi connectivity index (χ1) is 28.6. The van der Waals surface area contributed by atoms with E-state index >= 15 is 0 Å². The van der Waals surface area contributed by atoms with Crippen LogP contribution in [0.5, 0.6) is 0 Å². The Balaban J connectivity index is 4.13. The van der Waals surface area contributed by atoms with Crippen LogP contribution in [0.25, 0.3) is 0 Å².